The number of rotatable bonds is 4. The maximum atomic E-state index is 4.87. The Kier molecular flexibility index (Phi) is 4.26. The fourth-order valence-electron chi connectivity index (χ4n) is 2.93. The van der Waals surface area contributed by atoms with Crippen molar-refractivity contribution in [3.05, 3.63) is 17.1 Å². The molecular weight excluding hydrogens is 254 g/mol. The fourth-order valence-corrected chi connectivity index (χ4v) is 4.17. The molecule has 1 aromatic rings. The zero-order valence-corrected chi connectivity index (χ0v) is 12.6. The van der Waals surface area contributed by atoms with Crippen molar-refractivity contribution in [3.8, 4) is 0 Å². The second-order valence-electron chi connectivity index (χ2n) is 5.49. The Bertz CT molecular complexity index is 441. The first kappa shape index (κ1) is 13.2. The van der Waals surface area contributed by atoms with Crippen molar-refractivity contribution >= 4 is 17.6 Å². The molecule has 3 rings (SSSR count). The van der Waals surface area contributed by atoms with Crippen LogP contribution in [0.5, 0.6) is 0 Å². The summed E-state index contributed by atoms with van der Waals surface area (Å²) in [5.74, 6) is 3.48. The van der Waals surface area contributed by atoms with Gasteiger partial charge in [0.2, 0.25) is 0 Å². The van der Waals surface area contributed by atoms with Gasteiger partial charge in [-0.3, -0.25) is 0 Å². The third-order valence-corrected chi connectivity index (χ3v) is 5.33. The van der Waals surface area contributed by atoms with Crippen LogP contribution in [0.4, 0.5) is 5.82 Å². The van der Waals surface area contributed by atoms with Crippen LogP contribution in [0.15, 0.2) is 0 Å². The van der Waals surface area contributed by atoms with Gasteiger partial charge in [0.15, 0.2) is 0 Å². The molecule has 0 amide bonds. The molecule has 3 nitrogen and oxygen atoms in total. The second kappa shape index (κ2) is 6.12. The summed E-state index contributed by atoms with van der Waals surface area (Å²) in [6.07, 6.45) is 8.61. The molecule has 1 atom stereocenters. The van der Waals surface area contributed by atoms with Crippen LogP contribution in [0.25, 0.3) is 0 Å². The van der Waals surface area contributed by atoms with Gasteiger partial charge in [0, 0.05) is 17.8 Å². The van der Waals surface area contributed by atoms with Crippen LogP contribution in [-0.2, 0) is 12.8 Å². The molecule has 0 radical (unpaired) electrons. The van der Waals surface area contributed by atoms with Crippen molar-refractivity contribution in [2.24, 2.45) is 0 Å². The Balaban J connectivity index is 1.87. The quantitative estimate of drug-likeness (QED) is 0.909. The largest absolute Gasteiger partial charge is 0.370 e. The molecule has 1 aromatic heterocycles. The van der Waals surface area contributed by atoms with Gasteiger partial charge in [-0.05, 0) is 44.3 Å². The van der Waals surface area contributed by atoms with E-state index < -0.39 is 0 Å². The molecule has 2 aliphatic rings. The van der Waals surface area contributed by atoms with E-state index in [4.69, 9.17) is 9.97 Å². The van der Waals surface area contributed by atoms with Crippen LogP contribution in [0.3, 0.4) is 0 Å². The SMILES string of the molecule is CCCNc1nc(C2CCCCS2)nc2c1CCC2. The van der Waals surface area contributed by atoms with E-state index in [-0.39, 0.29) is 0 Å². The maximum absolute atomic E-state index is 4.87. The number of thioether (sulfide) groups is 1. The number of aryl methyl sites for hydroxylation is 1. The molecule has 2 heterocycles. The zero-order valence-electron chi connectivity index (χ0n) is 11.7. The minimum atomic E-state index is 0.529. The number of nitrogens with one attached hydrogen (secondary N) is 1. The zero-order chi connectivity index (χ0) is 13.1. The minimum Gasteiger partial charge on any atom is -0.370 e. The summed E-state index contributed by atoms with van der Waals surface area (Å²) >= 11 is 2.04. The predicted octanol–water partition coefficient (Wildman–Crippen LogP) is 3.75. The molecule has 1 aliphatic carbocycles. The highest BCUT2D eigenvalue weighted by Crippen LogP contribution is 2.38. The van der Waals surface area contributed by atoms with E-state index in [0.29, 0.717) is 5.25 Å². The van der Waals surface area contributed by atoms with E-state index in [1.165, 1.54) is 42.7 Å². The first-order valence-corrected chi connectivity index (χ1v) is 8.68. The van der Waals surface area contributed by atoms with Gasteiger partial charge in [0.1, 0.15) is 11.6 Å². The lowest BCUT2D eigenvalue weighted by atomic mass is 10.1. The van der Waals surface area contributed by atoms with E-state index in [0.717, 1.165) is 37.4 Å². The minimum absolute atomic E-state index is 0.529. The van der Waals surface area contributed by atoms with Gasteiger partial charge >= 0.3 is 0 Å². The average Bonchev–Trinajstić information content (AvgIpc) is 2.94. The predicted molar refractivity (Wildman–Crippen MR) is 81.9 cm³/mol. The van der Waals surface area contributed by atoms with Gasteiger partial charge < -0.3 is 5.32 Å². The number of fused-ring (bicyclic) bond motifs is 1. The Morgan fingerprint density at radius 2 is 2.16 bits per heavy atom. The number of aromatic nitrogens is 2. The molecule has 4 heteroatoms. The van der Waals surface area contributed by atoms with E-state index in [1.54, 1.807) is 0 Å². The number of anilines is 1. The van der Waals surface area contributed by atoms with Crippen LogP contribution in [0.2, 0.25) is 0 Å². The monoisotopic (exact) mass is 277 g/mol. The van der Waals surface area contributed by atoms with Crippen LogP contribution in [-0.4, -0.2) is 22.3 Å². The second-order valence-corrected chi connectivity index (χ2v) is 6.80. The normalized spacial score (nSPS) is 22.3. The van der Waals surface area contributed by atoms with Crippen LogP contribution >= 0.6 is 11.8 Å². The lowest BCUT2D eigenvalue weighted by Crippen LogP contribution is -2.13. The van der Waals surface area contributed by atoms with Crippen molar-refractivity contribution in [1.82, 2.24) is 9.97 Å². The molecule has 1 fully saturated rings. The smallest absolute Gasteiger partial charge is 0.143 e. The molecule has 104 valence electrons. The van der Waals surface area contributed by atoms with Gasteiger partial charge in [-0.15, -0.1) is 0 Å². The van der Waals surface area contributed by atoms with Gasteiger partial charge in [-0.2, -0.15) is 11.8 Å². The average molecular weight is 277 g/mol. The van der Waals surface area contributed by atoms with Gasteiger partial charge in [0.05, 0.1) is 5.25 Å². The highest BCUT2D eigenvalue weighted by Gasteiger charge is 2.24. The van der Waals surface area contributed by atoms with Crippen LogP contribution < -0.4 is 5.32 Å². The molecule has 0 saturated carbocycles. The highest BCUT2D eigenvalue weighted by molar-refractivity contribution is 7.99. The standard InChI is InChI=1S/C15H23N3S/c1-2-9-16-14-11-6-5-7-12(11)17-15(18-14)13-8-3-4-10-19-13/h13H,2-10H2,1H3,(H,16,17,18). The Labute approximate surface area is 120 Å². The van der Waals surface area contributed by atoms with E-state index in [2.05, 4.69) is 12.2 Å². The first-order chi connectivity index (χ1) is 9.38. The van der Waals surface area contributed by atoms with Gasteiger partial charge in [-0.1, -0.05) is 13.3 Å². The Hall–Kier alpha value is -0.770. The molecule has 0 bridgehead atoms. The summed E-state index contributed by atoms with van der Waals surface area (Å²) in [5, 5.41) is 4.04. The lowest BCUT2D eigenvalue weighted by molar-refractivity contribution is 0.659. The first-order valence-electron chi connectivity index (χ1n) is 7.63. The summed E-state index contributed by atoms with van der Waals surface area (Å²) in [6.45, 7) is 3.22. The summed E-state index contributed by atoms with van der Waals surface area (Å²) in [7, 11) is 0. The topological polar surface area (TPSA) is 37.8 Å². The Morgan fingerprint density at radius 3 is 2.95 bits per heavy atom. The van der Waals surface area contributed by atoms with Crippen molar-refractivity contribution in [2.45, 2.75) is 57.1 Å². The molecule has 0 aromatic carbocycles. The molecule has 1 N–H and O–H groups in total. The van der Waals surface area contributed by atoms with E-state index in [9.17, 15) is 0 Å². The summed E-state index contributed by atoms with van der Waals surface area (Å²) in [5.41, 5.74) is 2.70. The summed E-state index contributed by atoms with van der Waals surface area (Å²) in [6, 6.07) is 0. The van der Waals surface area contributed by atoms with Crippen LogP contribution in [0.1, 0.15) is 61.4 Å². The fraction of sp³-hybridized carbons (Fsp3) is 0.733. The van der Waals surface area contributed by atoms with Crippen molar-refractivity contribution in [3.63, 3.8) is 0 Å². The highest BCUT2D eigenvalue weighted by atomic mass is 32.2. The molecule has 1 aliphatic heterocycles. The van der Waals surface area contributed by atoms with Crippen molar-refractivity contribution in [2.75, 3.05) is 17.6 Å². The Morgan fingerprint density at radius 1 is 1.21 bits per heavy atom. The molecule has 0 spiro atoms. The number of hydrogen-bond donors (Lipinski definition) is 1. The molecule has 1 saturated heterocycles. The maximum Gasteiger partial charge on any atom is 0.143 e. The number of hydrogen-bond acceptors (Lipinski definition) is 4. The van der Waals surface area contributed by atoms with E-state index >= 15 is 0 Å². The lowest BCUT2D eigenvalue weighted by Gasteiger charge is -2.21. The van der Waals surface area contributed by atoms with Crippen molar-refractivity contribution < 1.29 is 0 Å². The third kappa shape index (κ3) is 2.88. The summed E-state index contributed by atoms with van der Waals surface area (Å²) < 4.78 is 0. The number of nitrogens with zero attached hydrogens (tertiary/aromatic N) is 2. The van der Waals surface area contributed by atoms with Gasteiger partial charge in [0.25, 0.3) is 0 Å². The summed E-state index contributed by atoms with van der Waals surface area (Å²) in [4.78, 5) is 9.74. The molecular formula is C15H23N3S. The third-order valence-electron chi connectivity index (χ3n) is 3.96. The van der Waals surface area contributed by atoms with Crippen molar-refractivity contribution in [1.29, 1.82) is 0 Å². The van der Waals surface area contributed by atoms with E-state index in [1.807, 2.05) is 11.8 Å². The molecule has 1 unspecified atom stereocenters. The van der Waals surface area contributed by atoms with Crippen LogP contribution in [0, 0.1) is 0 Å². The molecule has 19 heavy (non-hydrogen) atoms. The van der Waals surface area contributed by atoms with Gasteiger partial charge in [-0.25, -0.2) is 9.97 Å².